The smallest absolute Gasteiger partial charge is 0.354 e. The molecule has 5 rings (SSSR count). The van der Waals surface area contributed by atoms with E-state index < -0.39 is 17.2 Å². The molecule has 3 heterocycles. The molecule has 5 aromatic rings. The van der Waals surface area contributed by atoms with E-state index in [0.29, 0.717) is 21.2 Å². The lowest BCUT2D eigenvalue weighted by Crippen LogP contribution is -2.41. The first-order chi connectivity index (χ1) is 16.3. The predicted octanol–water partition coefficient (Wildman–Crippen LogP) is 5.37. The predicted molar refractivity (Wildman–Crippen MR) is 127 cm³/mol. The van der Waals surface area contributed by atoms with Crippen molar-refractivity contribution in [3.8, 4) is 28.1 Å². The van der Waals surface area contributed by atoms with Crippen molar-refractivity contribution < 1.29 is 18.5 Å². The topological polar surface area (TPSA) is 58.5 Å². The molecule has 34 heavy (non-hydrogen) atoms. The van der Waals surface area contributed by atoms with Crippen molar-refractivity contribution in [2.24, 2.45) is 0 Å². The fraction of sp³-hybridized carbons (Fsp3) is 0.0800. The van der Waals surface area contributed by atoms with Gasteiger partial charge in [-0.3, -0.25) is 0 Å². The van der Waals surface area contributed by atoms with Crippen LogP contribution in [0.3, 0.4) is 0 Å². The summed E-state index contributed by atoms with van der Waals surface area (Å²) in [5.74, 6) is -1.42. The summed E-state index contributed by atoms with van der Waals surface area (Å²) in [6.07, 6.45) is 3.24. The van der Waals surface area contributed by atoms with Gasteiger partial charge in [0.15, 0.2) is 10.0 Å². The Hall–Kier alpha value is -3.62. The fourth-order valence-electron chi connectivity index (χ4n) is 4.04. The van der Waals surface area contributed by atoms with E-state index in [1.165, 1.54) is 15.7 Å². The third kappa shape index (κ3) is 3.85. The van der Waals surface area contributed by atoms with Crippen LogP contribution in [-0.2, 0) is 6.54 Å². The van der Waals surface area contributed by atoms with Crippen molar-refractivity contribution >= 4 is 28.6 Å². The largest absolute Gasteiger partial charge is 0.477 e. The van der Waals surface area contributed by atoms with Crippen LogP contribution in [0.25, 0.3) is 27.9 Å². The van der Waals surface area contributed by atoms with Crippen LogP contribution < -0.4 is 10.1 Å². The molecule has 0 atom stereocenters. The summed E-state index contributed by atoms with van der Waals surface area (Å²) in [6, 6.07) is 13.2. The summed E-state index contributed by atoms with van der Waals surface area (Å²) in [7, 11) is 0. The zero-order chi connectivity index (χ0) is 24.0. The Bertz CT molecular complexity index is 1630. The average molecular weight is 497 g/mol. The van der Waals surface area contributed by atoms with Crippen molar-refractivity contribution in [3.63, 3.8) is 0 Å². The summed E-state index contributed by atoms with van der Waals surface area (Å²) in [6.45, 7) is 2.08. The number of aromatic hydroxyl groups is 1. The first-order valence-corrected chi connectivity index (χ1v) is 11.5. The van der Waals surface area contributed by atoms with Crippen molar-refractivity contribution in [1.82, 2.24) is 9.38 Å². The van der Waals surface area contributed by atoms with Gasteiger partial charge in [-0.1, -0.05) is 29.8 Å². The highest BCUT2D eigenvalue weighted by Crippen LogP contribution is 2.31. The SMILES string of the molecule is Cc1cccn2c(=O)c(-c3cccc(-c4cc(F)ccc4F)c3)c(O)[n+](Cc3cnc(Cl)s3)c12. The molecule has 0 aliphatic rings. The van der Waals surface area contributed by atoms with E-state index in [4.69, 9.17) is 11.6 Å². The Kier molecular flexibility index (Phi) is 5.63. The molecule has 0 bridgehead atoms. The molecule has 0 amide bonds. The Morgan fingerprint density at radius 2 is 1.91 bits per heavy atom. The van der Waals surface area contributed by atoms with Gasteiger partial charge in [0.05, 0.1) is 11.1 Å². The highest BCUT2D eigenvalue weighted by atomic mass is 35.5. The van der Waals surface area contributed by atoms with Crippen molar-refractivity contribution in [1.29, 1.82) is 0 Å². The standard InChI is InChI=1S/C25H16ClF2N3O2S/c1-14-4-3-9-30-22(14)31(13-18-12-29-25(26)34-18)24(33)21(23(30)32)16-6-2-5-15(10-16)19-11-17(27)7-8-20(19)28/h2-12H,13H2,1H3/p+1. The molecule has 0 aliphatic carbocycles. The molecule has 0 saturated carbocycles. The number of rotatable bonds is 4. The molecule has 1 N–H and O–H groups in total. The van der Waals surface area contributed by atoms with Gasteiger partial charge in [0, 0.05) is 17.3 Å². The zero-order valence-electron chi connectivity index (χ0n) is 17.8. The molecule has 0 unspecified atom stereocenters. The second-order valence-electron chi connectivity index (χ2n) is 7.76. The molecule has 0 fully saturated rings. The summed E-state index contributed by atoms with van der Waals surface area (Å²) < 4.78 is 31.6. The minimum absolute atomic E-state index is 0.0392. The number of benzene rings is 2. The second-order valence-corrected chi connectivity index (χ2v) is 9.46. The number of nitrogens with zero attached hydrogens (tertiary/aromatic N) is 3. The third-order valence-electron chi connectivity index (χ3n) is 5.56. The molecular weight excluding hydrogens is 480 g/mol. The van der Waals surface area contributed by atoms with Crippen molar-refractivity contribution in [3.05, 3.63) is 104 Å². The van der Waals surface area contributed by atoms with Gasteiger partial charge < -0.3 is 5.11 Å². The number of aromatic nitrogens is 3. The third-order valence-corrected chi connectivity index (χ3v) is 6.66. The molecule has 0 aliphatic heterocycles. The van der Waals surface area contributed by atoms with Gasteiger partial charge in [-0.15, -0.1) is 11.3 Å². The normalized spacial score (nSPS) is 11.3. The highest BCUT2D eigenvalue weighted by molar-refractivity contribution is 7.15. The van der Waals surface area contributed by atoms with Crippen LogP contribution >= 0.6 is 22.9 Å². The Morgan fingerprint density at radius 3 is 2.68 bits per heavy atom. The molecule has 2 aromatic carbocycles. The maximum absolute atomic E-state index is 14.4. The second kappa shape index (κ2) is 8.62. The summed E-state index contributed by atoms with van der Waals surface area (Å²) in [5.41, 5.74) is 1.71. The van der Waals surface area contributed by atoms with Gasteiger partial charge in [-0.2, -0.15) is 8.97 Å². The van der Waals surface area contributed by atoms with Gasteiger partial charge in [0.1, 0.15) is 18.2 Å². The van der Waals surface area contributed by atoms with Gasteiger partial charge >= 0.3 is 5.56 Å². The lowest BCUT2D eigenvalue weighted by atomic mass is 9.99. The summed E-state index contributed by atoms with van der Waals surface area (Å²) in [5, 5.41) is 11.3. The molecule has 0 spiro atoms. The van der Waals surface area contributed by atoms with E-state index in [9.17, 15) is 18.7 Å². The molecule has 0 saturated heterocycles. The number of hydrogen-bond acceptors (Lipinski definition) is 4. The van der Waals surface area contributed by atoms with Gasteiger partial charge in [-0.05, 0) is 54.4 Å². The van der Waals surface area contributed by atoms with Gasteiger partial charge in [0.25, 0.3) is 11.5 Å². The van der Waals surface area contributed by atoms with Crippen LogP contribution in [-0.4, -0.2) is 14.5 Å². The maximum atomic E-state index is 14.4. The Balaban J connectivity index is 1.77. The van der Waals surface area contributed by atoms with Crippen molar-refractivity contribution in [2.75, 3.05) is 0 Å². The fourth-order valence-corrected chi connectivity index (χ4v) is 5.01. The number of fused-ring (bicyclic) bond motifs is 1. The first-order valence-electron chi connectivity index (χ1n) is 10.3. The number of halogens is 3. The Labute approximate surface area is 201 Å². The van der Waals surface area contributed by atoms with E-state index in [0.717, 1.165) is 28.6 Å². The molecule has 5 nitrogen and oxygen atoms in total. The van der Waals surface area contributed by atoms with E-state index in [2.05, 4.69) is 4.98 Å². The lowest BCUT2D eigenvalue weighted by molar-refractivity contribution is -0.671. The minimum Gasteiger partial charge on any atom is -0.477 e. The molecule has 170 valence electrons. The molecular formula is C25H17ClF2N3O2S+. The van der Waals surface area contributed by atoms with Gasteiger partial charge in [0.2, 0.25) is 0 Å². The quantitative estimate of drug-likeness (QED) is 0.340. The Morgan fingerprint density at radius 1 is 1.12 bits per heavy atom. The molecule has 3 aromatic heterocycles. The average Bonchev–Trinajstić information content (AvgIpc) is 3.23. The molecule has 9 heteroatoms. The number of hydrogen-bond donors (Lipinski definition) is 1. The van der Waals surface area contributed by atoms with Crippen LogP contribution in [0.15, 0.2) is 71.8 Å². The number of thiazole rings is 1. The number of pyridine rings is 1. The lowest BCUT2D eigenvalue weighted by Gasteiger charge is -2.12. The molecule has 0 radical (unpaired) electrons. The van der Waals surface area contributed by atoms with E-state index in [1.54, 1.807) is 47.3 Å². The summed E-state index contributed by atoms with van der Waals surface area (Å²) >= 11 is 7.26. The van der Waals surface area contributed by atoms with E-state index in [-0.39, 0.29) is 23.6 Å². The van der Waals surface area contributed by atoms with Crippen molar-refractivity contribution in [2.45, 2.75) is 13.5 Å². The summed E-state index contributed by atoms with van der Waals surface area (Å²) in [4.78, 5) is 18.3. The van der Waals surface area contributed by atoms with Gasteiger partial charge in [-0.25, -0.2) is 18.6 Å². The van der Waals surface area contributed by atoms with E-state index >= 15 is 0 Å². The van der Waals surface area contributed by atoms with Crippen LogP contribution in [0, 0.1) is 18.6 Å². The number of aryl methyl sites for hydroxylation is 1. The minimum atomic E-state index is -0.592. The highest BCUT2D eigenvalue weighted by Gasteiger charge is 2.27. The van der Waals surface area contributed by atoms with Crippen LogP contribution in [0.2, 0.25) is 4.47 Å². The van der Waals surface area contributed by atoms with Crippen LogP contribution in [0.1, 0.15) is 10.4 Å². The van der Waals surface area contributed by atoms with Crippen LogP contribution in [0.5, 0.6) is 5.88 Å². The van der Waals surface area contributed by atoms with E-state index in [1.807, 2.05) is 13.0 Å². The maximum Gasteiger partial charge on any atom is 0.354 e. The monoisotopic (exact) mass is 496 g/mol. The van der Waals surface area contributed by atoms with Crippen LogP contribution in [0.4, 0.5) is 8.78 Å². The first kappa shape index (κ1) is 22.2. The zero-order valence-corrected chi connectivity index (χ0v) is 19.4.